The van der Waals surface area contributed by atoms with Crippen molar-refractivity contribution >= 4 is 5.78 Å². The first-order valence-electron chi connectivity index (χ1n) is 6.13. The van der Waals surface area contributed by atoms with Crippen molar-refractivity contribution in [3.63, 3.8) is 0 Å². The molecular weight excluding hydrogens is 269 g/mol. The van der Waals surface area contributed by atoms with Crippen molar-refractivity contribution in [1.82, 2.24) is 9.78 Å². The van der Waals surface area contributed by atoms with Gasteiger partial charge in [-0.3, -0.25) is 9.48 Å². The van der Waals surface area contributed by atoms with Crippen LogP contribution in [0.1, 0.15) is 28.5 Å². The van der Waals surface area contributed by atoms with Crippen LogP contribution in [-0.4, -0.2) is 15.6 Å². The molecule has 0 atom stereocenters. The van der Waals surface area contributed by atoms with E-state index >= 15 is 0 Å². The molecule has 3 nitrogen and oxygen atoms in total. The number of hydrogen-bond acceptors (Lipinski definition) is 2. The van der Waals surface area contributed by atoms with Crippen LogP contribution in [0.15, 0.2) is 36.5 Å². The summed E-state index contributed by atoms with van der Waals surface area (Å²) in [6, 6.07) is 7.87. The third-order valence-electron chi connectivity index (χ3n) is 2.92. The lowest BCUT2D eigenvalue weighted by Gasteiger charge is -2.04. The SMILES string of the molecule is CCc1ccc(C(=O)Cn2ccc(C(F)(F)F)n2)cc1. The van der Waals surface area contributed by atoms with E-state index in [0.29, 0.717) is 5.56 Å². The molecule has 2 rings (SSSR count). The van der Waals surface area contributed by atoms with Crippen LogP contribution < -0.4 is 0 Å². The highest BCUT2D eigenvalue weighted by Gasteiger charge is 2.33. The van der Waals surface area contributed by atoms with Crippen LogP contribution in [0, 0.1) is 0 Å². The lowest BCUT2D eigenvalue weighted by atomic mass is 10.1. The second kappa shape index (κ2) is 5.48. The van der Waals surface area contributed by atoms with Crippen molar-refractivity contribution in [3.8, 4) is 0 Å². The third-order valence-corrected chi connectivity index (χ3v) is 2.92. The molecule has 1 aromatic heterocycles. The molecule has 0 N–H and O–H groups in total. The summed E-state index contributed by atoms with van der Waals surface area (Å²) in [5.74, 6) is -0.274. The number of alkyl halides is 3. The van der Waals surface area contributed by atoms with Gasteiger partial charge in [0, 0.05) is 11.8 Å². The minimum atomic E-state index is -4.49. The maximum absolute atomic E-state index is 12.4. The first-order chi connectivity index (χ1) is 9.40. The van der Waals surface area contributed by atoms with Crippen LogP contribution >= 0.6 is 0 Å². The number of ketones is 1. The number of aromatic nitrogens is 2. The maximum Gasteiger partial charge on any atom is 0.435 e. The molecular formula is C14H13F3N2O. The number of carbonyl (C=O) groups is 1. The Morgan fingerprint density at radius 3 is 2.35 bits per heavy atom. The molecule has 2 aromatic rings. The fourth-order valence-corrected chi connectivity index (χ4v) is 1.77. The maximum atomic E-state index is 12.4. The van der Waals surface area contributed by atoms with E-state index in [2.05, 4.69) is 5.10 Å². The molecule has 0 aliphatic heterocycles. The molecule has 0 radical (unpaired) electrons. The summed E-state index contributed by atoms with van der Waals surface area (Å²) in [7, 11) is 0. The van der Waals surface area contributed by atoms with Gasteiger partial charge in [-0.2, -0.15) is 18.3 Å². The van der Waals surface area contributed by atoms with E-state index in [1.165, 1.54) is 0 Å². The van der Waals surface area contributed by atoms with E-state index in [-0.39, 0.29) is 12.3 Å². The predicted molar refractivity (Wildman–Crippen MR) is 67.4 cm³/mol. The molecule has 6 heteroatoms. The predicted octanol–water partition coefficient (Wildman–Crippen LogP) is 3.35. The Bertz CT molecular complexity index is 600. The van der Waals surface area contributed by atoms with Crippen LogP contribution in [0.4, 0.5) is 13.2 Å². The minimum Gasteiger partial charge on any atom is -0.292 e. The zero-order valence-corrected chi connectivity index (χ0v) is 10.8. The van der Waals surface area contributed by atoms with E-state index in [9.17, 15) is 18.0 Å². The van der Waals surface area contributed by atoms with E-state index in [1.807, 2.05) is 19.1 Å². The summed E-state index contributed by atoms with van der Waals surface area (Å²) in [5.41, 5.74) is 0.567. The number of aryl methyl sites for hydroxylation is 1. The quantitative estimate of drug-likeness (QED) is 0.806. The lowest BCUT2D eigenvalue weighted by molar-refractivity contribution is -0.141. The summed E-state index contributed by atoms with van der Waals surface area (Å²) in [6.45, 7) is 1.79. The number of nitrogens with zero attached hydrogens (tertiary/aromatic N) is 2. The molecule has 0 spiro atoms. The highest BCUT2D eigenvalue weighted by molar-refractivity contribution is 5.95. The van der Waals surface area contributed by atoms with Gasteiger partial charge in [-0.15, -0.1) is 0 Å². The fraction of sp³-hybridized carbons (Fsp3) is 0.286. The Morgan fingerprint density at radius 2 is 1.85 bits per heavy atom. The van der Waals surface area contributed by atoms with Gasteiger partial charge >= 0.3 is 6.18 Å². The monoisotopic (exact) mass is 282 g/mol. The minimum absolute atomic E-state index is 0.207. The molecule has 1 heterocycles. The highest BCUT2D eigenvalue weighted by atomic mass is 19.4. The Kier molecular flexibility index (Phi) is 3.92. The van der Waals surface area contributed by atoms with Crippen LogP contribution in [0.2, 0.25) is 0 Å². The van der Waals surface area contributed by atoms with E-state index in [1.54, 1.807) is 12.1 Å². The van der Waals surface area contributed by atoms with Crippen LogP contribution in [0.25, 0.3) is 0 Å². The van der Waals surface area contributed by atoms with Gasteiger partial charge in [-0.25, -0.2) is 0 Å². The van der Waals surface area contributed by atoms with Crippen LogP contribution in [0.5, 0.6) is 0 Å². The van der Waals surface area contributed by atoms with Crippen molar-refractivity contribution in [1.29, 1.82) is 0 Å². The summed E-state index contributed by atoms with van der Waals surface area (Å²) < 4.78 is 38.2. The van der Waals surface area contributed by atoms with E-state index in [4.69, 9.17) is 0 Å². The molecule has 106 valence electrons. The summed E-state index contributed by atoms with van der Waals surface area (Å²) in [5, 5.41) is 3.35. The van der Waals surface area contributed by atoms with Crippen molar-refractivity contribution < 1.29 is 18.0 Å². The highest BCUT2D eigenvalue weighted by Crippen LogP contribution is 2.27. The van der Waals surface area contributed by atoms with Crippen molar-refractivity contribution in [3.05, 3.63) is 53.3 Å². The first-order valence-corrected chi connectivity index (χ1v) is 6.13. The van der Waals surface area contributed by atoms with E-state index in [0.717, 1.165) is 28.9 Å². The smallest absolute Gasteiger partial charge is 0.292 e. The summed E-state index contributed by atoms with van der Waals surface area (Å²) >= 11 is 0. The molecule has 0 saturated heterocycles. The van der Waals surface area contributed by atoms with Gasteiger partial charge in [-0.05, 0) is 18.1 Å². The number of hydrogen-bond donors (Lipinski definition) is 0. The molecule has 0 saturated carbocycles. The van der Waals surface area contributed by atoms with Gasteiger partial charge in [0.15, 0.2) is 11.5 Å². The van der Waals surface area contributed by atoms with Gasteiger partial charge in [0.25, 0.3) is 0 Å². The molecule has 0 aliphatic carbocycles. The second-order valence-corrected chi connectivity index (χ2v) is 4.37. The van der Waals surface area contributed by atoms with Crippen LogP contribution in [-0.2, 0) is 19.1 Å². The van der Waals surface area contributed by atoms with Crippen LogP contribution in [0.3, 0.4) is 0 Å². The first kappa shape index (κ1) is 14.3. The molecule has 20 heavy (non-hydrogen) atoms. The molecule has 1 aromatic carbocycles. The van der Waals surface area contributed by atoms with Crippen molar-refractivity contribution in [2.24, 2.45) is 0 Å². The molecule has 0 fully saturated rings. The molecule has 0 amide bonds. The fourth-order valence-electron chi connectivity index (χ4n) is 1.77. The molecule has 0 bridgehead atoms. The summed E-state index contributed by atoms with van der Waals surface area (Å²) in [4.78, 5) is 11.9. The third kappa shape index (κ3) is 3.26. The Labute approximate surface area is 114 Å². The zero-order chi connectivity index (χ0) is 14.8. The van der Waals surface area contributed by atoms with Gasteiger partial charge in [0.05, 0.1) is 0 Å². The van der Waals surface area contributed by atoms with Gasteiger partial charge in [0.2, 0.25) is 0 Å². The standard InChI is InChI=1S/C14H13F3N2O/c1-2-10-3-5-11(6-4-10)12(20)9-19-8-7-13(18-19)14(15,16)17/h3-8H,2,9H2,1H3. The van der Waals surface area contributed by atoms with E-state index < -0.39 is 11.9 Å². The van der Waals surface area contributed by atoms with Gasteiger partial charge in [-0.1, -0.05) is 31.2 Å². The molecule has 0 aliphatic rings. The Balaban J connectivity index is 2.09. The normalized spacial score (nSPS) is 11.6. The number of carbonyl (C=O) groups excluding carboxylic acids is 1. The number of benzene rings is 1. The average Bonchev–Trinajstić information content (AvgIpc) is 2.87. The van der Waals surface area contributed by atoms with Crippen molar-refractivity contribution in [2.45, 2.75) is 26.1 Å². The number of Topliss-reactive ketones (excluding diaryl/α,β-unsaturated/α-hetero) is 1. The topological polar surface area (TPSA) is 34.9 Å². The lowest BCUT2D eigenvalue weighted by Crippen LogP contribution is -2.13. The Hall–Kier alpha value is -2.11. The number of halogens is 3. The largest absolute Gasteiger partial charge is 0.435 e. The molecule has 0 unspecified atom stereocenters. The van der Waals surface area contributed by atoms with Gasteiger partial charge < -0.3 is 0 Å². The zero-order valence-electron chi connectivity index (χ0n) is 10.8. The average molecular weight is 282 g/mol. The summed E-state index contributed by atoms with van der Waals surface area (Å²) in [6.07, 6.45) is -2.47. The Morgan fingerprint density at radius 1 is 1.20 bits per heavy atom. The number of rotatable bonds is 4. The second-order valence-electron chi connectivity index (χ2n) is 4.37. The van der Waals surface area contributed by atoms with Gasteiger partial charge in [0.1, 0.15) is 6.54 Å². The van der Waals surface area contributed by atoms with Crippen molar-refractivity contribution in [2.75, 3.05) is 0 Å².